The summed E-state index contributed by atoms with van der Waals surface area (Å²) in [5.74, 6) is -4.41. The predicted octanol–water partition coefficient (Wildman–Crippen LogP) is 4.33. The maximum atomic E-state index is 15.0. The van der Waals surface area contributed by atoms with E-state index in [1.54, 1.807) is 34.5 Å². The van der Waals surface area contributed by atoms with Gasteiger partial charge < -0.3 is 30.9 Å². The summed E-state index contributed by atoms with van der Waals surface area (Å²) in [6, 6.07) is 10.6. The van der Waals surface area contributed by atoms with E-state index in [1.807, 2.05) is 21.0 Å². The fourth-order valence-electron chi connectivity index (χ4n) is 7.49. The van der Waals surface area contributed by atoms with Crippen LogP contribution in [0.1, 0.15) is 64.7 Å². The summed E-state index contributed by atoms with van der Waals surface area (Å²) in [6.07, 6.45) is 1.28. The minimum atomic E-state index is -3.16. The van der Waals surface area contributed by atoms with Crippen molar-refractivity contribution in [2.45, 2.75) is 50.7 Å². The number of hydrogen-bond acceptors (Lipinski definition) is 7. The molecule has 3 aliphatic rings. The van der Waals surface area contributed by atoms with Crippen LogP contribution < -0.4 is 16.4 Å². The van der Waals surface area contributed by atoms with Gasteiger partial charge in [0, 0.05) is 50.6 Å². The van der Waals surface area contributed by atoms with Crippen molar-refractivity contribution < 1.29 is 27.9 Å². The third-order valence-electron chi connectivity index (χ3n) is 10.2. The fourth-order valence-corrected chi connectivity index (χ4v) is 8.40. The zero-order chi connectivity index (χ0) is 35.2. The lowest BCUT2D eigenvalue weighted by Crippen LogP contribution is -2.51. The first-order valence-corrected chi connectivity index (χ1v) is 17.3. The molecule has 3 aromatic rings. The summed E-state index contributed by atoms with van der Waals surface area (Å²) in [5.41, 5.74) is 6.37. The number of hydrogen-bond donors (Lipinski definition) is 4. The van der Waals surface area contributed by atoms with E-state index in [9.17, 15) is 14.4 Å². The molecule has 6 rings (SSSR count). The Labute approximate surface area is 288 Å². The molecule has 2 aromatic carbocycles. The molecule has 2 heterocycles. The van der Waals surface area contributed by atoms with Crippen LogP contribution in [0.5, 0.6) is 0 Å². The summed E-state index contributed by atoms with van der Waals surface area (Å²) < 4.78 is 36.2. The zero-order valence-corrected chi connectivity index (χ0v) is 28.8. The van der Waals surface area contributed by atoms with E-state index in [2.05, 4.69) is 22.5 Å². The van der Waals surface area contributed by atoms with Crippen LogP contribution in [0, 0.1) is 16.7 Å². The van der Waals surface area contributed by atoms with Gasteiger partial charge in [-0.1, -0.05) is 37.3 Å². The SMILES string of the molecule is C[C@@H]1[C@@H]2N(C(=O)CNC(=O)c3ccc4c(c3)-c3ccccc3C4(F)F)[C@H](C(=O)N[C@H](C)c3cc(C(=N)N)cs3)C[C@]12COCCCN(C)C. The molecule has 2 aliphatic carbocycles. The van der Waals surface area contributed by atoms with E-state index < -0.39 is 23.8 Å². The van der Waals surface area contributed by atoms with Crippen molar-refractivity contribution in [3.8, 4) is 11.1 Å². The number of alkyl halides is 2. The number of nitrogens with zero attached hydrogens (tertiary/aromatic N) is 2. The van der Waals surface area contributed by atoms with Crippen molar-refractivity contribution in [2.75, 3.05) is 40.4 Å². The first-order valence-electron chi connectivity index (χ1n) is 16.4. The molecule has 0 radical (unpaired) electrons. The van der Waals surface area contributed by atoms with Crippen molar-refractivity contribution in [3.05, 3.63) is 81.0 Å². The fraction of sp³-hybridized carbons (Fsp3) is 0.444. The van der Waals surface area contributed by atoms with Crippen molar-refractivity contribution in [2.24, 2.45) is 17.1 Å². The Morgan fingerprint density at radius 3 is 2.57 bits per heavy atom. The van der Waals surface area contributed by atoms with Gasteiger partial charge in [0.25, 0.3) is 11.8 Å². The highest BCUT2D eigenvalue weighted by Gasteiger charge is 2.72. The molecular formula is C36H42F2N6O4S. The number of nitrogens with one attached hydrogen (secondary N) is 3. The first-order chi connectivity index (χ1) is 23.3. The van der Waals surface area contributed by atoms with Crippen molar-refractivity contribution >= 4 is 34.9 Å². The molecule has 0 unspecified atom stereocenters. The number of thiophene rings is 1. The molecule has 5 atom stereocenters. The maximum absolute atomic E-state index is 15.0. The minimum absolute atomic E-state index is 0.0557. The van der Waals surface area contributed by atoms with Crippen LogP contribution in [-0.4, -0.2) is 85.8 Å². The summed E-state index contributed by atoms with van der Waals surface area (Å²) in [5, 5.41) is 15.2. The molecule has 10 nitrogen and oxygen atoms in total. The normalized spacial score (nSPS) is 23.4. The second-order valence-electron chi connectivity index (χ2n) is 13.6. The van der Waals surface area contributed by atoms with Crippen LogP contribution >= 0.6 is 11.3 Å². The van der Waals surface area contributed by atoms with Gasteiger partial charge in [0.15, 0.2) is 0 Å². The molecule has 1 aromatic heterocycles. The molecule has 260 valence electrons. The number of rotatable bonds is 13. The number of ether oxygens (including phenoxy) is 1. The van der Waals surface area contributed by atoms with Crippen molar-refractivity contribution in [1.29, 1.82) is 5.41 Å². The monoisotopic (exact) mass is 692 g/mol. The van der Waals surface area contributed by atoms with Gasteiger partial charge in [-0.05, 0) is 75.6 Å². The van der Waals surface area contributed by atoms with Gasteiger partial charge in [-0.15, -0.1) is 11.3 Å². The Bertz CT molecular complexity index is 1800. The number of benzene rings is 2. The molecule has 0 spiro atoms. The second-order valence-corrected chi connectivity index (χ2v) is 14.6. The van der Waals surface area contributed by atoms with E-state index >= 15 is 8.78 Å². The summed E-state index contributed by atoms with van der Waals surface area (Å²) in [7, 11) is 4.00. The number of nitrogens with two attached hydrogens (primary N) is 1. The van der Waals surface area contributed by atoms with E-state index in [4.69, 9.17) is 15.9 Å². The molecular weight excluding hydrogens is 650 g/mol. The Kier molecular flexibility index (Phi) is 9.38. The molecule has 2 fully saturated rings. The van der Waals surface area contributed by atoms with E-state index in [0.717, 1.165) is 17.8 Å². The van der Waals surface area contributed by atoms with Crippen molar-refractivity contribution in [1.82, 2.24) is 20.4 Å². The third-order valence-corrected chi connectivity index (χ3v) is 11.3. The number of piperidine rings is 1. The molecule has 1 saturated carbocycles. The molecule has 0 bridgehead atoms. The van der Waals surface area contributed by atoms with Gasteiger partial charge in [0.1, 0.15) is 11.9 Å². The zero-order valence-electron chi connectivity index (χ0n) is 28.0. The first kappa shape index (κ1) is 34.7. The average molecular weight is 693 g/mol. The average Bonchev–Trinajstić information content (AvgIpc) is 3.48. The Hall–Kier alpha value is -4.20. The van der Waals surface area contributed by atoms with E-state index in [1.165, 1.54) is 35.6 Å². The molecule has 1 saturated heterocycles. The number of amidine groups is 1. The molecule has 1 aliphatic heterocycles. The van der Waals surface area contributed by atoms with Gasteiger partial charge >= 0.3 is 0 Å². The Balaban J connectivity index is 1.16. The van der Waals surface area contributed by atoms with Gasteiger partial charge in [-0.25, -0.2) is 0 Å². The number of carbonyl (C=O) groups is 3. The summed E-state index contributed by atoms with van der Waals surface area (Å²) in [6.45, 7) is 5.38. The van der Waals surface area contributed by atoms with Crippen LogP contribution in [0.15, 0.2) is 53.9 Å². The van der Waals surface area contributed by atoms with E-state index in [-0.39, 0.29) is 64.0 Å². The number of fused-ring (bicyclic) bond motifs is 4. The number of halogens is 2. The standard InChI is InChI=1S/C36H42F2N6O4S/c1-20-31-35(20,19-48-13-7-12-43(3)4)16-28(34(47)42-21(2)29-15-23(18-49-29)32(39)40)44(31)30(45)17-41-33(46)22-10-11-27-25(14-22)24-8-5-6-9-26(24)36(27,37)38/h5-6,8-11,14-15,18,20-21,28,31H,7,12-13,16-17,19H2,1-4H3,(H3,39,40)(H,41,46)(H,42,47)/t20-,21-,28+,31+,35+/m1/s1. The topological polar surface area (TPSA) is 141 Å². The molecule has 5 N–H and O–H groups in total. The molecule has 49 heavy (non-hydrogen) atoms. The second kappa shape index (κ2) is 13.3. The van der Waals surface area contributed by atoms with Crippen LogP contribution in [0.2, 0.25) is 0 Å². The lowest BCUT2D eigenvalue weighted by Gasteiger charge is -2.29. The van der Waals surface area contributed by atoms with E-state index in [0.29, 0.717) is 30.8 Å². The Morgan fingerprint density at radius 2 is 1.86 bits per heavy atom. The quantitative estimate of drug-likeness (QED) is 0.119. The predicted molar refractivity (Wildman–Crippen MR) is 184 cm³/mol. The molecule has 3 amide bonds. The highest BCUT2D eigenvalue weighted by Crippen LogP contribution is 2.64. The third kappa shape index (κ3) is 6.35. The van der Waals surface area contributed by atoms with Crippen LogP contribution in [0.4, 0.5) is 8.78 Å². The lowest BCUT2D eigenvalue weighted by molar-refractivity contribution is -0.139. The Morgan fingerprint density at radius 1 is 1.12 bits per heavy atom. The van der Waals surface area contributed by atoms with Crippen LogP contribution in [0.25, 0.3) is 11.1 Å². The number of likely N-dealkylation sites (tertiary alicyclic amines) is 1. The maximum Gasteiger partial charge on any atom is 0.299 e. The summed E-state index contributed by atoms with van der Waals surface area (Å²) >= 11 is 1.39. The highest BCUT2D eigenvalue weighted by atomic mass is 32.1. The smallest absolute Gasteiger partial charge is 0.299 e. The number of carbonyl (C=O) groups excluding carboxylic acids is 3. The van der Waals surface area contributed by atoms with Gasteiger partial charge in [-0.3, -0.25) is 19.8 Å². The van der Waals surface area contributed by atoms with Crippen LogP contribution in [0.3, 0.4) is 0 Å². The van der Waals surface area contributed by atoms with Crippen molar-refractivity contribution in [3.63, 3.8) is 0 Å². The van der Waals surface area contributed by atoms with Gasteiger partial charge in [0.05, 0.1) is 19.2 Å². The van der Waals surface area contributed by atoms with Gasteiger partial charge in [-0.2, -0.15) is 8.78 Å². The highest BCUT2D eigenvalue weighted by molar-refractivity contribution is 7.10. The van der Waals surface area contributed by atoms with Gasteiger partial charge in [0.2, 0.25) is 11.8 Å². The minimum Gasteiger partial charge on any atom is -0.384 e. The summed E-state index contributed by atoms with van der Waals surface area (Å²) in [4.78, 5) is 45.5. The van der Waals surface area contributed by atoms with Crippen LogP contribution in [-0.2, 0) is 20.2 Å². The number of amides is 3. The lowest BCUT2D eigenvalue weighted by atomic mass is 9.96. The largest absolute Gasteiger partial charge is 0.384 e. The number of nitrogen functional groups attached to an aromatic ring is 1. The molecule has 13 heteroatoms.